The summed E-state index contributed by atoms with van der Waals surface area (Å²) in [5.41, 5.74) is 2.28. The maximum Gasteiger partial charge on any atom is 0.270 e. The van der Waals surface area contributed by atoms with Crippen LogP contribution in [0, 0.1) is 0 Å². The molecule has 0 bridgehead atoms. The Morgan fingerprint density at radius 2 is 1.54 bits per heavy atom. The number of anilines is 1. The van der Waals surface area contributed by atoms with Gasteiger partial charge in [0.25, 0.3) is 11.8 Å². The Balaban J connectivity index is 1.36. The van der Waals surface area contributed by atoms with Gasteiger partial charge >= 0.3 is 0 Å². The lowest BCUT2D eigenvalue weighted by atomic mass is 10.1. The van der Waals surface area contributed by atoms with Crippen molar-refractivity contribution in [1.82, 2.24) is 14.7 Å². The number of hydrogen-bond donors (Lipinski definition) is 1. The SMILES string of the molecule is O=C1NC(=S)N(c2ccc(Oc3ccccc3)cc2)C(=O)/C1=C/c1nc(-c2ccccc2Cl)n2ccccc12. The summed E-state index contributed by atoms with van der Waals surface area (Å²) >= 11 is 11.8. The molecule has 2 amide bonds. The van der Waals surface area contributed by atoms with Gasteiger partial charge in [-0.1, -0.05) is 48.0 Å². The zero-order chi connectivity index (χ0) is 26.9. The van der Waals surface area contributed by atoms with E-state index in [1.54, 1.807) is 30.3 Å². The number of pyridine rings is 1. The molecule has 190 valence electrons. The van der Waals surface area contributed by atoms with Gasteiger partial charge in [-0.25, -0.2) is 4.98 Å². The lowest BCUT2D eigenvalue weighted by Crippen LogP contribution is -2.54. The van der Waals surface area contributed by atoms with E-state index >= 15 is 0 Å². The van der Waals surface area contributed by atoms with Gasteiger partial charge in [0.15, 0.2) is 5.11 Å². The molecule has 1 aliphatic heterocycles. The van der Waals surface area contributed by atoms with Gasteiger partial charge in [-0.3, -0.25) is 24.2 Å². The number of thiocarbonyl (C=S) groups is 1. The van der Waals surface area contributed by atoms with Crippen LogP contribution in [0.3, 0.4) is 0 Å². The third-order valence-electron chi connectivity index (χ3n) is 6.15. The van der Waals surface area contributed by atoms with Gasteiger partial charge in [-0.15, -0.1) is 0 Å². The quantitative estimate of drug-likeness (QED) is 0.158. The van der Waals surface area contributed by atoms with Crippen molar-refractivity contribution in [3.63, 3.8) is 0 Å². The summed E-state index contributed by atoms with van der Waals surface area (Å²) in [6, 6.07) is 29.2. The van der Waals surface area contributed by atoms with Crippen molar-refractivity contribution in [2.24, 2.45) is 0 Å². The zero-order valence-electron chi connectivity index (χ0n) is 20.2. The highest BCUT2D eigenvalue weighted by atomic mass is 35.5. The predicted molar refractivity (Wildman–Crippen MR) is 155 cm³/mol. The van der Waals surface area contributed by atoms with E-state index in [1.165, 1.54) is 11.0 Å². The first-order chi connectivity index (χ1) is 19.0. The van der Waals surface area contributed by atoms with Crippen molar-refractivity contribution < 1.29 is 14.3 Å². The van der Waals surface area contributed by atoms with Gasteiger partial charge in [0, 0.05) is 11.8 Å². The largest absolute Gasteiger partial charge is 0.457 e. The lowest BCUT2D eigenvalue weighted by molar-refractivity contribution is -0.122. The van der Waals surface area contributed by atoms with Crippen LogP contribution in [0.1, 0.15) is 5.69 Å². The molecule has 1 aliphatic rings. The van der Waals surface area contributed by atoms with Gasteiger partial charge in [-0.2, -0.15) is 0 Å². The van der Waals surface area contributed by atoms with E-state index in [0.717, 1.165) is 5.56 Å². The maximum absolute atomic E-state index is 13.6. The fourth-order valence-electron chi connectivity index (χ4n) is 4.32. The fourth-order valence-corrected chi connectivity index (χ4v) is 4.82. The van der Waals surface area contributed by atoms with Gasteiger partial charge < -0.3 is 4.74 Å². The molecule has 1 fully saturated rings. The number of nitrogens with one attached hydrogen (secondary N) is 1. The number of benzene rings is 3. The van der Waals surface area contributed by atoms with Crippen molar-refractivity contribution in [3.05, 3.63) is 120 Å². The van der Waals surface area contributed by atoms with Crippen LogP contribution in [0.4, 0.5) is 5.69 Å². The zero-order valence-corrected chi connectivity index (χ0v) is 21.8. The Morgan fingerprint density at radius 1 is 0.846 bits per heavy atom. The predicted octanol–water partition coefficient (Wildman–Crippen LogP) is 6.28. The minimum Gasteiger partial charge on any atom is -0.457 e. The summed E-state index contributed by atoms with van der Waals surface area (Å²) < 4.78 is 7.71. The minimum atomic E-state index is -0.596. The van der Waals surface area contributed by atoms with Crippen LogP contribution >= 0.6 is 23.8 Å². The molecule has 0 spiro atoms. The first-order valence-electron chi connectivity index (χ1n) is 12.0. The van der Waals surface area contributed by atoms with Crippen molar-refractivity contribution in [2.75, 3.05) is 4.90 Å². The molecule has 0 radical (unpaired) electrons. The molecule has 3 heterocycles. The van der Waals surface area contributed by atoms with E-state index in [4.69, 9.17) is 33.5 Å². The Hall–Kier alpha value is -4.79. The van der Waals surface area contributed by atoms with Crippen LogP contribution in [0.5, 0.6) is 11.5 Å². The number of hydrogen-bond acceptors (Lipinski definition) is 5. The number of rotatable bonds is 5. The van der Waals surface area contributed by atoms with Crippen LogP contribution in [-0.2, 0) is 9.59 Å². The number of ether oxygens (including phenoxy) is 1. The fraction of sp³-hybridized carbons (Fsp3) is 0. The van der Waals surface area contributed by atoms with E-state index in [0.29, 0.717) is 39.2 Å². The van der Waals surface area contributed by atoms with Gasteiger partial charge in [0.2, 0.25) is 0 Å². The van der Waals surface area contributed by atoms with Crippen LogP contribution in [0.2, 0.25) is 5.02 Å². The third-order valence-corrected chi connectivity index (χ3v) is 6.76. The van der Waals surface area contributed by atoms with E-state index in [1.807, 2.05) is 77.3 Å². The molecule has 6 rings (SSSR count). The van der Waals surface area contributed by atoms with Crippen molar-refractivity contribution in [2.45, 2.75) is 0 Å². The summed E-state index contributed by atoms with van der Waals surface area (Å²) in [5, 5.41) is 3.15. The number of fused-ring (bicyclic) bond motifs is 1. The second-order valence-electron chi connectivity index (χ2n) is 8.62. The Kier molecular flexibility index (Phi) is 6.40. The first-order valence-corrected chi connectivity index (χ1v) is 12.7. The van der Waals surface area contributed by atoms with Crippen molar-refractivity contribution in [1.29, 1.82) is 0 Å². The molecular weight excluding hydrogens is 532 g/mol. The molecule has 9 heteroatoms. The number of para-hydroxylation sites is 1. The molecule has 1 saturated heterocycles. The molecule has 2 aromatic heterocycles. The summed E-state index contributed by atoms with van der Waals surface area (Å²) in [6.07, 6.45) is 3.33. The first kappa shape index (κ1) is 24.5. The molecule has 7 nitrogen and oxygen atoms in total. The second kappa shape index (κ2) is 10.2. The minimum absolute atomic E-state index is 0.00895. The van der Waals surface area contributed by atoms with Gasteiger partial charge in [-0.05, 0) is 79.0 Å². The molecular formula is C30H19ClN4O3S. The van der Waals surface area contributed by atoms with Gasteiger partial charge in [0.05, 0.1) is 21.9 Å². The number of amides is 2. The number of aromatic nitrogens is 2. The standard InChI is InChI=1S/C30H19ClN4O3S/c31-24-11-5-4-10-22(24)27-32-25(26-12-6-7-17-34(26)27)18-23-28(36)33-30(39)35(29(23)37)19-13-15-21(16-14-19)38-20-8-2-1-3-9-20/h1-18H,(H,33,36,39)/b23-18+. The summed E-state index contributed by atoms with van der Waals surface area (Å²) in [6.45, 7) is 0. The molecule has 0 aliphatic carbocycles. The number of halogens is 1. The highest BCUT2D eigenvalue weighted by Gasteiger charge is 2.35. The molecule has 0 atom stereocenters. The summed E-state index contributed by atoms with van der Waals surface area (Å²) in [7, 11) is 0. The summed E-state index contributed by atoms with van der Waals surface area (Å²) in [4.78, 5) is 32.6. The summed E-state index contributed by atoms with van der Waals surface area (Å²) in [5.74, 6) is 0.721. The number of carbonyl (C=O) groups is 2. The lowest BCUT2D eigenvalue weighted by Gasteiger charge is -2.28. The molecule has 0 saturated carbocycles. The monoisotopic (exact) mass is 550 g/mol. The highest BCUT2D eigenvalue weighted by Crippen LogP contribution is 2.31. The maximum atomic E-state index is 13.6. The average molecular weight is 551 g/mol. The smallest absolute Gasteiger partial charge is 0.270 e. The van der Waals surface area contributed by atoms with Crippen molar-refractivity contribution >= 4 is 58.0 Å². The average Bonchev–Trinajstić information content (AvgIpc) is 3.31. The number of nitrogens with zero attached hydrogens (tertiary/aromatic N) is 3. The van der Waals surface area contributed by atoms with Crippen LogP contribution in [-0.4, -0.2) is 26.3 Å². The Labute approximate surface area is 233 Å². The second-order valence-corrected chi connectivity index (χ2v) is 9.42. The molecule has 39 heavy (non-hydrogen) atoms. The number of imidazole rings is 1. The molecule has 3 aromatic carbocycles. The Morgan fingerprint density at radius 3 is 2.31 bits per heavy atom. The van der Waals surface area contributed by atoms with E-state index < -0.39 is 11.8 Å². The van der Waals surface area contributed by atoms with E-state index in [9.17, 15) is 9.59 Å². The highest BCUT2D eigenvalue weighted by molar-refractivity contribution is 7.80. The molecule has 5 aromatic rings. The van der Waals surface area contributed by atoms with Crippen LogP contribution in [0.15, 0.2) is 109 Å². The molecule has 0 unspecified atom stereocenters. The van der Waals surface area contributed by atoms with E-state index in [-0.39, 0.29) is 10.7 Å². The van der Waals surface area contributed by atoms with Crippen LogP contribution < -0.4 is 15.0 Å². The number of carbonyl (C=O) groups excluding carboxylic acids is 2. The third kappa shape index (κ3) is 4.67. The van der Waals surface area contributed by atoms with Crippen molar-refractivity contribution in [3.8, 4) is 22.9 Å². The van der Waals surface area contributed by atoms with Gasteiger partial charge in [0.1, 0.15) is 22.9 Å². The molecule has 1 N–H and O–H groups in total. The van der Waals surface area contributed by atoms with E-state index in [2.05, 4.69) is 5.32 Å². The topological polar surface area (TPSA) is 75.9 Å². The Bertz CT molecular complexity index is 1780. The normalized spacial score (nSPS) is 14.6. The van der Waals surface area contributed by atoms with Crippen LogP contribution in [0.25, 0.3) is 23.0 Å².